The van der Waals surface area contributed by atoms with Gasteiger partial charge in [-0.1, -0.05) is 0 Å². The van der Waals surface area contributed by atoms with Gasteiger partial charge >= 0.3 is 0 Å². The molecule has 1 spiro atoms. The zero-order chi connectivity index (χ0) is 16.0. The second kappa shape index (κ2) is 5.23. The first kappa shape index (κ1) is 14.5. The number of hydrogen-bond donors (Lipinski definition) is 0. The van der Waals surface area contributed by atoms with Crippen LogP contribution in [0.5, 0.6) is 0 Å². The minimum absolute atomic E-state index is 0.0278. The van der Waals surface area contributed by atoms with Crippen molar-refractivity contribution in [1.29, 1.82) is 0 Å². The van der Waals surface area contributed by atoms with Gasteiger partial charge in [0.05, 0.1) is 23.1 Å². The number of amides is 1. The lowest BCUT2D eigenvalue weighted by Gasteiger charge is -2.48. The summed E-state index contributed by atoms with van der Waals surface area (Å²) >= 11 is 0. The van der Waals surface area contributed by atoms with Gasteiger partial charge in [0.2, 0.25) is 0 Å². The molecule has 1 fully saturated rings. The molecular weight excluding hydrogens is 294 g/mol. The number of ether oxygens (including phenoxy) is 1. The molecule has 2 aliphatic rings. The molecule has 2 aromatic heterocycles. The van der Waals surface area contributed by atoms with Crippen molar-refractivity contribution < 1.29 is 13.9 Å². The molecule has 0 N–H and O–H groups in total. The van der Waals surface area contributed by atoms with Crippen molar-refractivity contribution in [2.24, 2.45) is 7.05 Å². The van der Waals surface area contributed by atoms with E-state index in [-0.39, 0.29) is 11.4 Å². The quantitative estimate of drug-likeness (QED) is 0.808. The van der Waals surface area contributed by atoms with Crippen molar-refractivity contribution in [3.63, 3.8) is 0 Å². The molecule has 23 heavy (non-hydrogen) atoms. The Morgan fingerprint density at radius 3 is 2.83 bits per heavy atom. The summed E-state index contributed by atoms with van der Waals surface area (Å²) in [5.74, 6) is 0.782. The Morgan fingerprint density at radius 1 is 1.35 bits per heavy atom. The number of aromatic nitrogens is 2. The zero-order valence-electron chi connectivity index (χ0n) is 13.5. The monoisotopic (exact) mass is 315 g/mol. The highest BCUT2D eigenvalue weighted by atomic mass is 16.5. The van der Waals surface area contributed by atoms with Gasteiger partial charge in [-0.25, -0.2) is 4.98 Å². The summed E-state index contributed by atoms with van der Waals surface area (Å²) in [6, 6.07) is 1.81. The standard InChI is InChI=1S/C17H21N3O3/c1-12-9-13(10-23-12)16(21)20-6-3-14-15(18-11-19(14)2)17(20)4-7-22-8-5-17/h9-11H,3-8H2,1-2H3. The molecule has 0 radical (unpaired) electrons. The molecule has 0 atom stereocenters. The van der Waals surface area contributed by atoms with E-state index in [0.717, 1.165) is 30.7 Å². The van der Waals surface area contributed by atoms with Crippen LogP contribution in [0.25, 0.3) is 0 Å². The van der Waals surface area contributed by atoms with E-state index < -0.39 is 0 Å². The van der Waals surface area contributed by atoms with Crippen LogP contribution < -0.4 is 0 Å². The molecule has 122 valence electrons. The smallest absolute Gasteiger partial charge is 0.257 e. The maximum Gasteiger partial charge on any atom is 0.257 e. The summed E-state index contributed by atoms with van der Waals surface area (Å²) in [5.41, 5.74) is 2.55. The van der Waals surface area contributed by atoms with Gasteiger partial charge < -0.3 is 18.6 Å². The average molecular weight is 315 g/mol. The number of nitrogens with zero attached hydrogens (tertiary/aromatic N) is 3. The maximum absolute atomic E-state index is 13.1. The highest BCUT2D eigenvalue weighted by molar-refractivity contribution is 5.94. The first-order chi connectivity index (χ1) is 11.1. The summed E-state index contributed by atoms with van der Waals surface area (Å²) in [5, 5.41) is 0. The SMILES string of the molecule is Cc1cc(C(=O)N2CCc3c(ncn3C)C23CCOCC3)co1. The first-order valence-corrected chi connectivity index (χ1v) is 8.07. The van der Waals surface area contributed by atoms with Gasteiger partial charge in [-0.2, -0.15) is 0 Å². The normalized spacial score (nSPS) is 19.8. The van der Waals surface area contributed by atoms with E-state index in [0.29, 0.717) is 25.3 Å². The van der Waals surface area contributed by atoms with Crippen LogP contribution >= 0.6 is 0 Å². The lowest BCUT2D eigenvalue weighted by atomic mass is 9.80. The summed E-state index contributed by atoms with van der Waals surface area (Å²) in [6.07, 6.45) is 5.83. The van der Waals surface area contributed by atoms with Crippen molar-refractivity contribution in [2.45, 2.75) is 31.7 Å². The number of hydrogen-bond acceptors (Lipinski definition) is 4. The minimum atomic E-state index is -0.352. The number of fused-ring (bicyclic) bond motifs is 2. The van der Waals surface area contributed by atoms with Crippen LogP contribution in [0.4, 0.5) is 0 Å². The van der Waals surface area contributed by atoms with Gasteiger partial charge in [0, 0.05) is 38.9 Å². The lowest BCUT2D eigenvalue weighted by molar-refractivity contribution is -0.0296. The number of rotatable bonds is 1. The Kier molecular flexibility index (Phi) is 3.30. The number of carbonyl (C=O) groups excluding carboxylic acids is 1. The molecule has 0 saturated carbocycles. The fourth-order valence-corrected chi connectivity index (χ4v) is 3.92. The Morgan fingerprint density at radius 2 is 2.13 bits per heavy atom. The van der Waals surface area contributed by atoms with Crippen molar-refractivity contribution in [1.82, 2.24) is 14.5 Å². The number of furan rings is 1. The van der Waals surface area contributed by atoms with Gasteiger partial charge in [-0.05, 0) is 25.8 Å². The molecule has 6 heteroatoms. The molecule has 0 aromatic carbocycles. The van der Waals surface area contributed by atoms with Crippen LogP contribution in [0.3, 0.4) is 0 Å². The molecule has 4 rings (SSSR count). The Balaban J connectivity index is 1.78. The summed E-state index contributed by atoms with van der Waals surface area (Å²) in [7, 11) is 2.02. The molecule has 6 nitrogen and oxygen atoms in total. The largest absolute Gasteiger partial charge is 0.469 e. The van der Waals surface area contributed by atoms with Crippen LogP contribution in [0.15, 0.2) is 23.1 Å². The van der Waals surface area contributed by atoms with Crippen LogP contribution in [0, 0.1) is 6.92 Å². The van der Waals surface area contributed by atoms with Crippen molar-refractivity contribution in [3.05, 3.63) is 41.4 Å². The van der Waals surface area contributed by atoms with Crippen molar-refractivity contribution >= 4 is 5.91 Å². The van der Waals surface area contributed by atoms with Crippen LogP contribution in [-0.2, 0) is 23.7 Å². The molecule has 0 bridgehead atoms. The van der Waals surface area contributed by atoms with E-state index in [4.69, 9.17) is 9.15 Å². The Bertz CT molecular complexity index is 740. The summed E-state index contributed by atoms with van der Waals surface area (Å²) in [4.78, 5) is 19.7. The minimum Gasteiger partial charge on any atom is -0.469 e. The number of imidazole rings is 1. The molecule has 2 aliphatic heterocycles. The maximum atomic E-state index is 13.1. The van der Waals surface area contributed by atoms with Crippen molar-refractivity contribution in [3.8, 4) is 0 Å². The first-order valence-electron chi connectivity index (χ1n) is 8.07. The van der Waals surface area contributed by atoms with E-state index in [9.17, 15) is 4.79 Å². The van der Waals surface area contributed by atoms with Crippen LogP contribution in [-0.4, -0.2) is 40.1 Å². The summed E-state index contributed by atoms with van der Waals surface area (Å²) in [6.45, 7) is 3.87. The highest BCUT2D eigenvalue weighted by Gasteiger charge is 2.48. The molecule has 0 unspecified atom stereocenters. The fraction of sp³-hybridized carbons (Fsp3) is 0.529. The Hall–Kier alpha value is -2.08. The van der Waals surface area contributed by atoms with Gasteiger partial charge in [0.15, 0.2) is 0 Å². The van der Waals surface area contributed by atoms with Gasteiger partial charge in [-0.15, -0.1) is 0 Å². The number of carbonyl (C=O) groups is 1. The third kappa shape index (κ3) is 2.12. The average Bonchev–Trinajstić information content (AvgIpc) is 3.15. The molecule has 1 amide bonds. The third-order valence-corrected chi connectivity index (χ3v) is 5.13. The second-order valence-corrected chi connectivity index (χ2v) is 6.45. The Labute approximate surface area is 135 Å². The lowest BCUT2D eigenvalue weighted by Crippen LogP contribution is -2.56. The van der Waals surface area contributed by atoms with Crippen LogP contribution in [0.1, 0.15) is 40.3 Å². The van der Waals surface area contributed by atoms with E-state index in [2.05, 4.69) is 9.55 Å². The predicted molar refractivity (Wildman–Crippen MR) is 83.1 cm³/mol. The van der Waals surface area contributed by atoms with E-state index >= 15 is 0 Å². The van der Waals surface area contributed by atoms with E-state index in [1.807, 2.05) is 31.3 Å². The fourth-order valence-electron chi connectivity index (χ4n) is 3.92. The third-order valence-electron chi connectivity index (χ3n) is 5.13. The van der Waals surface area contributed by atoms with Crippen LogP contribution in [0.2, 0.25) is 0 Å². The van der Waals surface area contributed by atoms with Gasteiger partial charge in [0.1, 0.15) is 12.0 Å². The molecule has 2 aromatic rings. The molecule has 1 saturated heterocycles. The van der Waals surface area contributed by atoms with E-state index in [1.165, 1.54) is 5.69 Å². The van der Waals surface area contributed by atoms with Gasteiger partial charge in [0.25, 0.3) is 5.91 Å². The highest BCUT2D eigenvalue weighted by Crippen LogP contribution is 2.42. The second-order valence-electron chi connectivity index (χ2n) is 6.45. The summed E-state index contributed by atoms with van der Waals surface area (Å²) < 4.78 is 13.0. The molecule has 4 heterocycles. The predicted octanol–water partition coefficient (Wildman–Crippen LogP) is 2.03. The van der Waals surface area contributed by atoms with Crippen molar-refractivity contribution in [2.75, 3.05) is 19.8 Å². The van der Waals surface area contributed by atoms with E-state index in [1.54, 1.807) is 6.26 Å². The molecule has 0 aliphatic carbocycles. The topological polar surface area (TPSA) is 60.5 Å². The molecular formula is C17H21N3O3. The van der Waals surface area contributed by atoms with Gasteiger partial charge in [-0.3, -0.25) is 4.79 Å². The number of aryl methyl sites for hydroxylation is 2. The zero-order valence-corrected chi connectivity index (χ0v) is 13.5.